The average Bonchev–Trinajstić information content (AvgIpc) is 2.74. The van der Waals surface area contributed by atoms with Crippen molar-refractivity contribution >= 4 is 23.1 Å². The van der Waals surface area contributed by atoms with Crippen molar-refractivity contribution in [3.8, 4) is 16.9 Å². The highest BCUT2D eigenvalue weighted by Gasteiger charge is 2.25. The van der Waals surface area contributed by atoms with Crippen LogP contribution in [0.3, 0.4) is 0 Å². The van der Waals surface area contributed by atoms with Crippen LogP contribution < -0.4 is 15.8 Å². The van der Waals surface area contributed by atoms with E-state index in [0.717, 1.165) is 6.07 Å². The number of oxime groups is 1. The van der Waals surface area contributed by atoms with Crippen molar-refractivity contribution in [2.75, 3.05) is 32.8 Å². The van der Waals surface area contributed by atoms with Crippen LogP contribution in [0.2, 0.25) is 5.15 Å². The zero-order valence-electron chi connectivity index (χ0n) is 18.7. The van der Waals surface area contributed by atoms with E-state index in [2.05, 4.69) is 25.3 Å². The van der Waals surface area contributed by atoms with Crippen molar-refractivity contribution in [1.82, 2.24) is 9.97 Å². The molecule has 0 saturated carbocycles. The molecular formula is C21H28ClF2N5O3. The summed E-state index contributed by atoms with van der Waals surface area (Å²) < 4.78 is 41.3. The molecule has 0 aliphatic rings. The van der Waals surface area contributed by atoms with Gasteiger partial charge >= 0.3 is 0 Å². The lowest BCUT2D eigenvalue weighted by molar-refractivity contribution is 0.172. The molecule has 176 valence electrons. The molecule has 0 spiro atoms. The largest absolute Gasteiger partial charge is 0.491 e. The molecule has 2 rings (SSSR count). The summed E-state index contributed by atoms with van der Waals surface area (Å²) in [5.74, 6) is -1.67. The molecule has 0 aliphatic heterocycles. The number of amidine groups is 1. The van der Waals surface area contributed by atoms with Gasteiger partial charge in [0, 0.05) is 44.0 Å². The number of ether oxygens (including phenoxy) is 2. The third-order valence-electron chi connectivity index (χ3n) is 4.73. The summed E-state index contributed by atoms with van der Waals surface area (Å²) in [4.78, 5) is 12.6. The molecule has 1 aromatic carbocycles. The maximum Gasteiger partial charge on any atom is 0.208 e. The van der Waals surface area contributed by atoms with E-state index in [1.807, 2.05) is 20.8 Å². The van der Waals surface area contributed by atoms with Gasteiger partial charge in [0.05, 0.1) is 12.2 Å². The first kappa shape index (κ1) is 25.5. The lowest BCUT2D eigenvalue weighted by atomic mass is 10.0. The summed E-state index contributed by atoms with van der Waals surface area (Å²) in [6, 6.07) is 0.995. The first-order valence-corrected chi connectivity index (χ1v) is 10.4. The van der Waals surface area contributed by atoms with Crippen molar-refractivity contribution < 1.29 is 23.1 Å². The van der Waals surface area contributed by atoms with Crippen molar-refractivity contribution in [3.05, 3.63) is 34.9 Å². The van der Waals surface area contributed by atoms with Crippen molar-refractivity contribution in [2.24, 2.45) is 16.8 Å². The standard InChI is InChI=1S/C21H28ClF2N5O3/c1-11(2)12(3)27-18-15(32-8-6-7-30-4)9-14(23)16(17(18)24)13-10-26-21(28-19(13)22)20(25)29-31-5/h9-12,27H,6-8H2,1-5H3,(H2,25,29). The first-order valence-electron chi connectivity index (χ1n) is 10.0. The Morgan fingerprint density at radius 1 is 1.25 bits per heavy atom. The van der Waals surface area contributed by atoms with E-state index >= 15 is 8.78 Å². The normalized spacial score (nSPS) is 12.7. The number of nitrogens with one attached hydrogen (secondary N) is 1. The molecular weight excluding hydrogens is 444 g/mol. The second kappa shape index (κ2) is 11.8. The van der Waals surface area contributed by atoms with Gasteiger partial charge in [-0.1, -0.05) is 30.6 Å². The van der Waals surface area contributed by atoms with E-state index in [-0.39, 0.29) is 57.9 Å². The number of halogens is 3. The molecule has 8 nitrogen and oxygen atoms in total. The molecule has 0 radical (unpaired) electrons. The van der Waals surface area contributed by atoms with Gasteiger partial charge in [-0.2, -0.15) is 0 Å². The number of benzene rings is 1. The fourth-order valence-corrected chi connectivity index (χ4v) is 2.89. The third-order valence-corrected chi connectivity index (χ3v) is 5.02. The highest BCUT2D eigenvalue weighted by Crippen LogP contribution is 2.40. The lowest BCUT2D eigenvalue weighted by Gasteiger charge is -2.23. The summed E-state index contributed by atoms with van der Waals surface area (Å²) in [5, 5.41) is 6.41. The fourth-order valence-electron chi connectivity index (χ4n) is 2.66. The van der Waals surface area contributed by atoms with Gasteiger partial charge in [0.25, 0.3) is 0 Å². The van der Waals surface area contributed by atoms with Crippen molar-refractivity contribution in [2.45, 2.75) is 33.2 Å². The fraction of sp³-hybridized carbons (Fsp3) is 0.476. The van der Waals surface area contributed by atoms with Crippen LogP contribution in [0.5, 0.6) is 5.75 Å². The third kappa shape index (κ3) is 6.17. The van der Waals surface area contributed by atoms with E-state index in [1.165, 1.54) is 13.3 Å². The van der Waals surface area contributed by atoms with Gasteiger partial charge in [-0.15, -0.1) is 0 Å². The zero-order valence-corrected chi connectivity index (χ0v) is 19.5. The van der Waals surface area contributed by atoms with Gasteiger partial charge in [-0.05, 0) is 12.8 Å². The maximum atomic E-state index is 15.6. The average molecular weight is 472 g/mol. The second-order valence-electron chi connectivity index (χ2n) is 7.35. The Morgan fingerprint density at radius 2 is 1.97 bits per heavy atom. The number of aromatic nitrogens is 2. The minimum Gasteiger partial charge on any atom is -0.491 e. The quantitative estimate of drug-likeness (QED) is 0.166. The van der Waals surface area contributed by atoms with Gasteiger partial charge in [0.1, 0.15) is 29.5 Å². The van der Waals surface area contributed by atoms with Gasteiger partial charge in [-0.25, -0.2) is 18.7 Å². The van der Waals surface area contributed by atoms with Crippen LogP contribution in [0.15, 0.2) is 17.4 Å². The van der Waals surface area contributed by atoms with Crippen LogP contribution in [-0.2, 0) is 9.57 Å². The number of hydrogen-bond acceptors (Lipinski definition) is 7. The van der Waals surface area contributed by atoms with Crippen LogP contribution in [0.1, 0.15) is 33.0 Å². The SMILES string of the molecule is COCCCOc1cc(F)c(-c2cnc(/C(N)=N\OC)nc2Cl)c(F)c1NC(C)C(C)C. The van der Waals surface area contributed by atoms with E-state index in [0.29, 0.717) is 13.0 Å². The molecule has 1 aromatic heterocycles. The second-order valence-corrected chi connectivity index (χ2v) is 7.71. The Bertz CT molecular complexity index is 960. The highest BCUT2D eigenvalue weighted by atomic mass is 35.5. The molecule has 3 N–H and O–H groups in total. The topological polar surface area (TPSA) is 104 Å². The smallest absolute Gasteiger partial charge is 0.208 e. The predicted molar refractivity (Wildman–Crippen MR) is 120 cm³/mol. The van der Waals surface area contributed by atoms with Crippen LogP contribution >= 0.6 is 11.6 Å². The summed E-state index contributed by atoms with van der Waals surface area (Å²) in [6.07, 6.45) is 1.74. The van der Waals surface area contributed by atoms with Crippen molar-refractivity contribution in [1.29, 1.82) is 0 Å². The Kier molecular flexibility index (Phi) is 9.40. The molecule has 1 heterocycles. The minimum atomic E-state index is -0.872. The lowest BCUT2D eigenvalue weighted by Crippen LogP contribution is -2.23. The number of nitrogens with two attached hydrogens (primary N) is 1. The predicted octanol–water partition coefficient (Wildman–Crippen LogP) is 4.21. The maximum absolute atomic E-state index is 15.6. The summed E-state index contributed by atoms with van der Waals surface area (Å²) in [6.45, 7) is 6.55. The number of methoxy groups -OCH3 is 1. The Morgan fingerprint density at radius 3 is 2.56 bits per heavy atom. The Hall–Kier alpha value is -2.72. The minimum absolute atomic E-state index is 0.0284. The molecule has 11 heteroatoms. The summed E-state index contributed by atoms with van der Waals surface area (Å²) in [5.41, 5.74) is 5.28. The van der Waals surface area contributed by atoms with Gasteiger partial charge in [0.15, 0.2) is 11.6 Å². The molecule has 0 amide bonds. The molecule has 0 fully saturated rings. The van der Waals surface area contributed by atoms with Crippen LogP contribution in [0, 0.1) is 17.6 Å². The van der Waals surface area contributed by atoms with Crippen molar-refractivity contribution in [3.63, 3.8) is 0 Å². The molecule has 2 aromatic rings. The van der Waals surface area contributed by atoms with E-state index in [1.54, 1.807) is 7.11 Å². The van der Waals surface area contributed by atoms with Crippen LogP contribution in [0.4, 0.5) is 14.5 Å². The highest BCUT2D eigenvalue weighted by molar-refractivity contribution is 6.32. The molecule has 0 bridgehead atoms. The summed E-state index contributed by atoms with van der Waals surface area (Å²) >= 11 is 6.22. The zero-order chi connectivity index (χ0) is 23.8. The van der Waals surface area contributed by atoms with E-state index in [9.17, 15) is 0 Å². The van der Waals surface area contributed by atoms with Gasteiger partial charge < -0.3 is 25.4 Å². The van der Waals surface area contributed by atoms with E-state index in [4.69, 9.17) is 26.8 Å². The number of anilines is 1. The Balaban J connectivity index is 2.54. The Labute approximate surface area is 191 Å². The molecule has 1 atom stereocenters. The summed E-state index contributed by atoms with van der Waals surface area (Å²) in [7, 11) is 2.87. The van der Waals surface area contributed by atoms with E-state index < -0.39 is 11.6 Å². The van der Waals surface area contributed by atoms with Crippen LogP contribution in [-0.4, -0.2) is 49.3 Å². The molecule has 1 unspecified atom stereocenters. The molecule has 32 heavy (non-hydrogen) atoms. The molecule has 0 saturated heterocycles. The van der Waals surface area contributed by atoms with Gasteiger partial charge in [-0.3, -0.25) is 0 Å². The first-order chi connectivity index (χ1) is 15.2. The number of hydrogen-bond donors (Lipinski definition) is 2. The monoisotopic (exact) mass is 471 g/mol. The number of rotatable bonds is 11. The van der Waals surface area contributed by atoms with Gasteiger partial charge in [0.2, 0.25) is 5.84 Å². The van der Waals surface area contributed by atoms with Crippen LogP contribution in [0.25, 0.3) is 11.1 Å². The molecule has 0 aliphatic carbocycles. The number of nitrogens with zero attached hydrogens (tertiary/aromatic N) is 3.